The maximum atomic E-state index is 6.10. The highest BCUT2D eigenvalue weighted by Gasteiger charge is 2.47. The highest BCUT2D eigenvalue weighted by Crippen LogP contribution is 2.46. The van der Waals surface area contributed by atoms with Crippen LogP contribution in [0.4, 0.5) is 0 Å². The Morgan fingerprint density at radius 1 is 1.50 bits per heavy atom. The molecule has 1 heterocycles. The fraction of sp³-hybridized carbons (Fsp3) is 0.733. The van der Waals surface area contributed by atoms with Crippen LogP contribution in [-0.2, 0) is 6.54 Å². The summed E-state index contributed by atoms with van der Waals surface area (Å²) in [5, 5.41) is 2.16. The van der Waals surface area contributed by atoms with Gasteiger partial charge in [0.1, 0.15) is 0 Å². The molecule has 0 saturated heterocycles. The van der Waals surface area contributed by atoms with Gasteiger partial charge >= 0.3 is 0 Å². The number of hydrogen-bond donors (Lipinski definition) is 1. The van der Waals surface area contributed by atoms with E-state index in [1.165, 1.54) is 17.7 Å². The molecule has 3 heteroatoms. The number of nitrogens with zero attached hydrogens (tertiary/aromatic N) is 1. The molecule has 1 aliphatic rings. The van der Waals surface area contributed by atoms with Crippen LogP contribution in [-0.4, -0.2) is 23.5 Å². The zero-order chi connectivity index (χ0) is 13.2. The zero-order valence-corrected chi connectivity index (χ0v) is 12.7. The molecule has 2 N–H and O–H groups in total. The van der Waals surface area contributed by atoms with Crippen LogP contribution in [0.25, 0.3) is 0 Å². The van der Waals surface area contributed by atoms with Crippen molar-refractivity contribution in [2.75, 3.05) is 13.1 Å². The van der Waals surface area contributed by atoms with Crippen molar-refractivity contribution in [3.8, 4) is 0 Å². The molecule has 0 spiro atoms. The molecule has 0 amide bonds. The minimum absolute atomic E-state index is 0.272. The summed E-state index contributed by atoms with van der Waals surface area (Å²) in [6, 6.07) is 4.37. The van der Waals surface area contributed by atoms with Crippen LogP contribution in [0.5, 0.6) is 0 Å². The maximum Gasteiger partial charge on any atom is 0.0340 e. The van der Waals surface area contributed by atoms with Gasteiger partial charge in [0.05, 0.1) is 0 Å². The van der Waals surface area contributed by atoms with Crippen molar-refractivity contribution in [3.63, 3.8) is 0 Å². The van der Waals surface area contributed by atoms with Crippen LogP contribution >= 0.6 is 11.3 Å². The van der Waals surface area contributed by atoms with Crippen molar-refractivity contribution < 1.29 is 0 Å². The summed E-state index contributed by atoms with van der Waals surface area (Å²) in [4.78, 5) is 4.05. The van der Waals surface area contributed by atoms with Crippen molar-refractivity contribution in [1.29, 1.82) is 0 Å². The summed E-state index contributed by atoms with van der Waals surface area (Å²) < 4.78 is 0. The lowest BCUT2D eigenvalue weighted by atomic mass is 9.63. The predicted molar refractivity (Wildman–Crippen MR) is 79.8 cm³/mol. The van der Waals surface area contributed by atoms with Gasteiger partial charge < -0.3 is 5.73 Å². The number of nitrogens with two attached hydrogens (primary N) is 1. The second-order valence-corrected chi connectivity index (χ2v) is 6.97. The van der Waals surface area contributed by atoms with Gasteiger partial charge in [-0.1, -0.05) is 26.8 Å². The van der Waals surface area contributed by atoms with Gasteiger partial charge in [0.15, 0.2) is 0 Å². The smallest absolute Gasteiger partial charge is 0.0340 e. The van der Waals surface area contributed by atoms with E-state index in [9.17, 15) is 0 Å². The topological polar surface area (TPSA) is 29.3 Å². The van der Waals surface area contributed by atoms with Crippen molar-refractivity contribution >= 4 is 11.3 Å². The van der Waals surface area contributed by atoms with E-state index in [-0.39, 0.29) is 5.54 Å². The van der Waals surface area contributed by atoms with Crippen LogP contribution in [0.3, 0.4) is 0 Å². The van der Waals surface area contributed by atoms with Crippen molar-refractivity contribution in [3.05, 3.63) is 22.4 Å². The number of thiophene rings is 1. The van der Waals surface area contributed by atoms with E-state index in [0.717, 1.165) is 31.5 Å². The second kappa shape index (κ2) is 5.72. The average molecular weight is 266 g/mol. The summed E-state index contributed by atoms with van der Waals surface area (Å²) in [6.07, 6.45) is 2.56. The summed E-state index contributed by atoms with van der Waals surface area (Å²) in [7, 11) is 0. The molecule has 18 heavy (non-hydrogen) atoms. The summed E-state index contributed by atoms with van der Waals surface area (Å²) in [6.45, 7) is 9.89. The molecule has 0 bridgehead atoms. The number of likely N-dealkylation sites (N-methyl/N-ethyl adjacent to an activating group) is 1. The third kappa shape index (κ3) is 2.63. The van der Waals surface area contributed by atoms with E-state index in [0.29, 0.717) is 0 Å². The van der Waals surface area contributed by atoms with E-state index in [2.05, 4.69) is 43.2 Å². The van der Waals surface area contributed by atoms with Crippen molar-refractivity contribution in [1.82, 2.24) is 4.90 Å². The molecule has 2 nitrogen and oxygen atoms in total. The summed E-state index contributed by atoms with van der Waals surface area (Å²) >= 11 is 1.85. The first-order valence-electron chi connectivity index (χ1n) is 7.09. The minimum Gasteiger partial charge on any atom is -0.329 e. The van der Waals surface area contributed by atoms with Crippen LogP contribution in [0.1, 0.15) is 38.5 Å². The van der Waals surface area contributed by atoms with Crippen molar-refractivity contribution in [2.45, 2.75) is 45.7 Å². The third-order valence-corrected chi connectivity index (χ3v) is 5.45. The molecule has 0 atom stereocenters. The molecule has 0 aliphatic heterocycles. The lowest BCUT2D eigenvalue weighted by Crippen LogP contribution is -2.62. The van der Waals surface area contributed by atoms with E-state index in [4.69, 9.17) is 5.73 Å². The molecule has 1 aromatic rings. The largest absolute Gasteiger partial charge is 0.329 e. The van der Waals surface area contributed by atoms with Crippen LogP contribution in [0, 0.1) is 11.8 Å². The molecule has 1 fully saturated rings. The van der Waals surface area contributed by atoms with Gasteiger partial charge in [0.2, 0.25) is 0 Å². The predicted octanol–water partition coefficient (Wildman–Crippen LogP) is 3.33. The molecule has 2 rings (SSSR count). The lowest BCUT2D eigenvalue weighted by molar-refractivity contribution is -0.0370. The monoisotopic (exact) mass is 266 g/mol. The van der Waals surface area contributed by atoms with Crippen molar-refractivity contribution in [2.24, 2.45) is 17.6 Å². The minimum atomic E-state index is 0.272. The quantitative estimate of drug-likeness (QED) is 0.855. The Balaban J connectivity index is 2.02. The average Bonchev–Trinajstić information content (AvgIpc) is 2.79. The lowest BCUT2D eigenvalue weighted by Gasteiger charge is -2.55. The Morgan fingerprint density at radius 3 is 2.67 bits per heavy atom. The molecular weight excluding hydrogens is 240 g/mol. The summed E-state index contributed by atoms with van der Waals surface area (Å²) in [5.41, 5.74) is 6.37. The van der Waals surface area contributed by atoms with Gasteiger partial charge in [-0.15, -0.1) is 11.3 Å². The molecule has 0 unspecified atom stereocenters. The van der Waals surface area contributed by atoms with E-state index in [1.807, 2.05) is 11.3 Å². The normalized spacial score (nSPS) is 27.8. The molecule has 1 saturated carbocycles. The van der Waals surface area contributed by atoms with Crippen LogP contribution in [0.2, 0.25) is 0 Å². The molecule has 0 aromatic carbocycles. The molecular formula is C15H26N2S. The first kappa shape index (κ1) is 14.0. The zero-order valence-electron chi connectivity index (χ0n) is 11.9. The Morgan fingerprint density at radius 2 is 2.22 bits per heavy atom. The van der Waals surface area contributed by atoms with Crippen LogP contribution in [0.15, 0.2) is 17.5 Å². The fourth-order valence-electron chi connectivity index (χ4n) is 3.15. The first-order valence-corrected chi connectivity index (χ1v) is 7.96. The number of rotatable bonds is 6. The highest BCUT2D eigenvalue weighted by atomic mass is 32.1. The van der Waals surface area contributed by atoms with Gasteiger partial charge in [-0.05, 0) is 42.7 Å². The first-order chi connectivity index (χ1) is 8.61. The van der Waals surface area contributed by atoms with E-state index >= 15 is 0 Å². The Labute approximate surface area is 115 Å². The van der Waals surface area contributed by atoms with Crippen LogP contribution < -0.4 is 5.73 Å². The fourth-order valence-corrected chi connectivity index (χ4v) is 3.87. The van der Waals surface area contributed by atoms with Gasteiger partial charge in [0, 0.05) is 23.5 Å². The maximum absolute atomic E-state index is 6.10. The molecule has 1 aliphatic carbocycles. The van der Waals surface area contributed by atoms with E-state index in [1.54, 1.807) is 0 Å². The highest BCUT2D eigenvalue weighted by molar-refractivity contribution is 7.09. The molecule has 0 radical (unpaired) electrons. The Bertz CT molecular complexity index is 353. The second-order valence-electron chi connectivity index (χ2n) is 5.93. The molecule has 1 aromatic heterocycles. The Hall–Kier alpha value is -0.380. The van der Waals surface area contributed by atoms with Gasteiger partial charge in [0.25, 0.3) is 0 Å². The Kier molecular flexibility index (Phi) is 4.46. The van der Waals surface area contributed by atoms with Gasteiger partial charge in [-0.3, -0.25) is 4.90 Å². The molecule has 102 valence electrons. The van der Waals surface area contributed by atoms with Gasteiger partial charge in [-0.25, -0.2) is 0 Å². The summed E-state index contributed by atoms with van der Waals surface area (Å²) in [5.74, 6) is 1.66. The third-order valence-electron chi connectivity index (χ3n) is 4.59. The number of hydrogen-bond acceptors (Lipinski definition) is 3. The SMILES string of the molecule is CCN(Cc1cccs1)C1(CN)CC(C(C)C)C1. The standard InChI is InChI=1S/C15H26N2S/c1-4-17(10-14-6-5-7-18-14)15(11-16)8-13(9-15)12(2)3/h5-7,12-13H,4,8-11,16H2,1-3H3. The van der Waals surface area contributed by atoms with Gasteiger partial charge in [-0.2, -0.15) is 0 Å². The van der Waals surface area contributed by atoms with E-state index < -0.39 is 0 Å².